The number of nitrogens with one attached hydrogen (secondary N) is 5. The number of aromatic nitrogens is 10. The van der Waals surface area contributed by atoms with Crippen molar-refractivity contribution in [2.24, 2.45) is 11.8 Å². The second-order valence-electron chi connectivity index (χ2n) is 19.0. The standard InChI is InChI=1S/C27H31ClN8O3Si.C21H17ClN8O2/c1-16(27(38)35-12-17(10-29)13-35)31-26(37)20-14-36(15-39-7-8-40(2,3)4)25-24(20)32-22(11-30-25)23-19-6-5-18(28)9-21(19)33-34-23;1-10(21(32)30-8-11(5-23)9-30)26-20(31)14-6-24-19-18(14)27-16(7-25-19)17-13-3-2-12(22)4-15(13)28-29-17/h5-6,9,11,14,16-17H,7-8,12-13,15H2,1-4H3,(H,31,37)(H,33,34);2-4,6-7,10-11H,8-9H2,1H3,(H,24,25)(H,26,31)(H,28,29)/t16-;10-/m11/s1. The number of nitrogens with zero attached hydrogens (tertiary/aromatic N) is 11. The predicted molar refractivity (Wildman–Crippen MR) is 271 cm³/mol. The molecule has 8 heterocycles. The van der Waals surface area contributed by atoms with E-state index in [1.807, 2.05) is 12.1 Å². The number of aromatic amines is 3. The third-order valence-electron chi connectivity index (χ3n) is 12.4. The topological polar surface area (TPSA) is 285 Å². The van der Waals surface area contributed by atoms with Crippen molar-refractivity contribution in [1.29, 1.82) is 10.5 Å². The van der Waals surface area contributed by atoms with Crippen molar-refractivity contribution in [3.63, 3.8) is 0 Å². The number of carbonyl (C=O) groups excluding carboxylic acids is 4. The highest BCUT2D eigenvalue weighted by molar-refractivity contribution is 6.76. The maximum absolute atomic E-state index is 13.5. The smallest absolute Gasteiger partial charge is 0.255 e. The molecule has 2 aromatic carbocycles. The van der Waals surface area contributed by atoms with E-state index in [2.05, 4.69) is 82.7 Å². The van der Waals surface area contributed by atoms with Crippen molar-refractivity contribution in [3.8, 4) is 34.9 Å². The molecule has 8 aromatic rings. The lowest BCUT2D eigenvalue weighted by Gasteiger charge is -2.37. The van der Waals surface area contributed by atoms with E-state index in [0.717, 1.165) is 27.8 Å². The van der Waals surface area contributed by atoms with Crippen LogP contribution in [0.4, 0.5) is 0 Å². The molecular weight excluding hydrogens is 980 g/mol. The fourth-order valence-corrected chi connectivity index (χ4v) is 9.33. The molecule has 2 fully saturated rings. The van der Waals surface area contributed by atoms with Gasteiger partial charge in [-0.3, -0.25) is 29.4 Å². The molecule has 2 aliphatic rings. The first-order chi connectivity index (χ1) is 34.5. The number of hydrogen-bond acceptors (Lipinski definition) is 13. The average Bonchev–Trinajstić information content (AvgIpc) is 4.13. The van der Waals surface area contributed by atoms with Gasteiger partial charge >= 0.3 is 0 Å². The molecule has 4 amide bonds. The molecule has 0 bridgehead atoms. The van der Waals surface area contributed by atoms with Crippen LogP contribution in [-0.2, 0) is 21.1 Å². The summed E-state index contributed by atoms with van der Waals surface area (Å²) >= 11 is 12.2. The number of rotatable bonds is 13. The summed E-state index contributed by atoms with van der Waals surface area (Å²) in [5, 5.41) is 40.8. The number of ether oxygens (including phenoxy) is 1. The zero-order valence-corrected chi connectivity index (χ0v) is 42.3. The van der Waals surface area contributed by atoms with Crippen molar-refractivity contribution in [2.45, 2.75) is 58.3 Å². The van der Waals surface area contributed by atoms with Gasteiger partial charge in [0.1, 0.15) is 52.6 Å². The third kappa shape index (κ3) is 10.2. The van der Waals surface area contributed by atoms with Crippen LogP contribution in [0.25, 0.3) is 66.9 Å². The maximum atomic E-state index is 13.5. The normalized spacial score (nSPS) is 14.8. The minimum Gasteiger partial charge on any atom is -0.361 e. The van der Waals surface area contributed by atoms with E-state index in [9.17, 15) is 19.2 Å². The van der Waals surface area contributed by atoms with Crippen molar-refractivity contribution in [1.82, 2.24) is 70.3 Å². The lowest BCUT2D eigenvalue weighted by Crippen LogP contribution is -2.55. The largest absolute Gasteiger partial charge is 0.361 e. The maximum Gasteiger partial charge on any atom is 0.255 e. The number of fused-ring (bicyclic) bond motifs is 4. The predicted octanol–water partition coefficient (Wildman–Crippen LogP) is 6.30. The lowest BCUT2D eigenvalue weighted by molar-refractivity contribution is -0.138. The first-order valence-corrected chi connectivity index (χ1v) is 27.5. The fourth-order valence-electron chi connectivity index (χ4n) is 8.22. The van der Waals surface area contributed by atoms with Gasteiger partial charge in [-0.05, 0) is 56.3 Å². The zero-order valence-electron chi connectivity index (χ0n) is 39.7. The van der Waals surface area contributed by atoms with Crippen LogP contribution in [0.3, 0.4) is 0 Å². The fraction of sp³-hybridized carbons (Fsp3) is 0.333. The summed E-state index contributed by atoms with van der Waals surface area (Å²) in [4.78, 5) is 76.0. The van der Waals surface area contributed by atoms with E-state index in [4.69, 9.17) is 43.4 Å². The highest BCUT2D eigenvalue weighted by Crippen LogP contribution is 2.31. The van der Waals surface area contributed by atoms with Crippen molar-refractivity contribution in [3.05, 3.63) is 82.4 Å². The highest BCUT2D eigenvalue weighted by Gasteiger charge is 2.35. The Kier molecular flexibility index (Phi) is 13.8. The molecule has 72 heavy (non-hydrogen) atoms. The van der Waals surface area contributed by atoms with Gasteiger partial charge in [-0.25, -0.2) is 19.9 Å². The molecule has 24 heteroatoms. The van der Waals surface area contributed by atoms with Gasteiger partial charge in [0.2, 0.25) is 11.8 Å². The molecular formula is C48H48Cl2N16O5Si. The van der Waals surface area contributed by atoms with Gasteiger partial charge in [0.15, 0.2) is 11.3 Å². The number of nitriles is 2. The highest BCUT2D eigenvalue weighted by atomic mass is 35.5. The van der Waals surface area contributed by atoms with Crippen LogP contribution in [0.1, 0.15) is 34.6 Å². The van der Waals surface area contributed by atoms with E-state index in [0.29, 0.717) is 87.9 Å². The molecule has 10 rings (SSSR count). The summed E-state index contributed by atoms with van der Waals surface area (Å²) in [6.45, 7) is 12.5. The van der Waals surface area contributed by atoms with Crippen molar-refractivity contribution in [2.75, 3.05) is 32.8 Å². The monoisotopic (exact) mass is 1030 g/mol. The van der Waals surface area contributed by atoms with Crippen LogP contribution < -0.4 is 10.6 Å². The molecule has 21 nitrogen and oxygen atoms in total. The molecule has 2 saturated heterocycles. The second kappa shape index (κ2) is 20.2. The summed E-state index contributed by atoms with van der Waals surface area (Å²) in [7, 11) is -1.27. The van der Waals surface area contributed by atoms with Crippen LogP contribution in [0.5, 0.6) is 0 Å². The lowest BCUT2D eigenvalue weighted by atomic mass is 10.0. The first kappa shape index (κ1) is 49.2. The van der Waals surface area contributed by atoms with Crippen LogP contribution in [0.2, 0.25) is 35.7 Å². The first-order valence-electron chi connectivity index (χ1n) is 23.0. The summed E-state index contributed by atoms with van der Waals surface area (Å²) in [5.41, 5.74) is 5.91. The summed E-state index contributed by atoms with van der Waals surface area (Å²) in [6.07, 6.45) is 6.37. The molecule has 0 radical (unpaired) electrons. The summed E-state index contributed by atoms with van der Waals surface area (Å²) < 4.78 is 7.70. The average molecular weight is 1030 g/mol. The van der Waals surface area contributed by atoms with Crippen molar-refractivity contribution < 1.29 is 23.9 Å². The molecule has 0 spiro atoms. The number of likely N-dealkylation sites (tertiary alicyclic amines) is 2. The Balaban J connectivity index is 0.000000182. The van der Waals surface area contributed by atoms with E-state index in [1.54, 1.807) is 71.1 Å². The minimum atomic E-state index is -1.27. The Bertz CT molecular complexity index is 3500. The van der Waals surface area contributed by atoms with Crippen LogP contribution in [-0.4, -0.2) is 136 Å². The van der Waals surface area contributed by atoms with Gasteiger partial charge in [-0.1, -0.05) is 42.8 Å². The molecule has 2 atom stereocenters. The Morgan fingerprint density at radius 2 is 1.29 bits per heavy atom. The van der Waals surface area contributed by atoms with Gasteiger partial charge in [0, 0.05) is 74.1 Å². The number of benzene rings is 2. The number of hydrogen-bond donors (Lipinski definition) is 5. The van der Waals surface area contributed by atoms with Crippen LogP contribution in [0, 0.1) is 34.5 Å². The molecule has 0 unspecified atom stereocenters. The molecule has 5 N–H and O–H groups in total. The zero-order chi connectivity index (χ0) is 51.0. The van der Waals surface area contributed by atoms with E-state index >= 15 is 0 Å². The number of carbonyl (C=O) groups is 4. The molecule has 368 valence electrons. The Morgan fingerprint density at radius 3 is 1.82 bits per heavy atom. The Hall–Kier alpha value is -7.76. The van der Waals surface area contributed by atoms with Gasteiger partial charge in [0.25, 0.3) is 11.8 Å². The van der Waals surface area contributed by atoms with E-state index in [-0.39, 0.29) is 41.5 Å². The van der Waals surface area contributed by atoms with Gasteiger partial charge in [-0.15, -0.1) is 0 Å². The SMILES string of the molecule is C[C@@H](NC(=O)c1c[nH]c2ncc(-c3n[nH]c4cc(Cl)ccc34)nc12)C(=O)N1CC(C#N)C1.C[C@@H](NC(=O)c1cn(COCC[Si](C)(C)C)c2ncc(-c3n[nH]c4cc(Cl)ccc34)nc12)C(=O)N1CC(C#N)C1. The molecule has 0 aliphatic carbocycles. The number of halogens is 2. The van der Waals surface area contributed by atoms with Crippen LogP contribution in [0.15, 0.2) is 61.2 Å². The van der Waals surface area contributed by atoms with Crippen LogP contribution >= 0.6 is 23.2 Å². The minimum absolute atomic E-state index is 0.140. The van der Waals surface area contributed by atoms with Gasteiger partial charge in [0.05, 0.1) is 58.5 Å². The van der Waals surface area contributed by atoms with E-state index in [1.165, 1.54) is 6.20 Å². The summed E-state index contributed by atoms with van der Waals surface area (Å²) in [5.74, 6) is -1.65. The second-order valence-corrected chi connectivity index (χ2v) is 25.5. The summed E-state index contributed by atoms with van der Waals surface area (Å²) in [6, 6.07) is 14.6. The van der Waals surface area contributed by atoms with Crippen molar-refractivity contribution >= 4 is 99.0 Å². The Labute approximate surface area is 422 Å². The quantitative estimate of drug-likeness (QED) is 0.0627. The number of amides is 4. The molecule has 0 saturated carbocycles. The van der Waals surface area contributed by atoms with E-state index < -0.39 is 32.0 Å². The van der Waals surface area contributed by atoms with Gasteiger partial charge < -0.3 is 34.7 Å². The number of H-pyrrole nitrogens is 3. The Morgan fingerprint density at radius 1 is 0.778 bits per heavy atom. The van der Waals surface area contributed by atoms with Gasteiger partial charge in [-0.2, -0.15) is 20.7 Å². The molecule has 6 aromatic heterocycles. The molecule has 2 aliphatic heterocycles. The third-order valence-corrected chi connectivity index (χ3v) is 14.6.